The lowest BCUT2D eigenvalue weighted by molar-refractivity contribution is 1.07. The first-order valence-electron chi connectivity index (χ1n) is 16.4. The van der Waals surface area contributed by atoms with E-state index in [1.54, 1.807) is 0 Å². The van der Waals surface area contributed by atoms with Gasteiger partial charge in [-0.15, -0.1) is 0 Å². The van der Waals surface area contributed by atoms with Crippen LogP contribution in [0.5, 0.6) is 0 Å². The number of hydrogen-bond acceptors (Lipinski definition) is 4. The van der Waals surface area contributed by atoms with E-state index in [-0.39, 0.29) is 0 Å². The van der Waals surface area contributed by atoms with Gasteiger partial charge in [0.05, 0.1) is 0 Å². The van der Waals surface area contributed by atoms with E-state index < -0.39 is 0 Å². The molecule has 0 fully saturated rings. The lowest BCUT2D eigenvalue weighted by atomic mass is 9.86. The fraction of sp³-hybridized carbons (Fsp3) is 0. The van der Waals surface area contributed by atoms with Crippen molar-refractivity contribution in [1.29, 1.82) is 0 Å². The van der Waals surface area contributed by atoms with Crippen LogP contribution >= 0.6 is 11.8 Å². The van der Waals surface area contributed by atoms with Crippen molar-refractivity contribution < 1.29 is 0 Å². The quantitative estimate of drug-likeness (QED) is 0.192. The van der Waals surface area contributed by atoms with Gasteiger partial charge < -0.3 is 0 Å². The van der Waals surface area contributed by atoms with Gasteiger partial charge in [-0.3, -0.25) is 0 Å². The molecule has 0 unspecified atom stereocenters. The van der Waals surface area contributed by atoms with Crippen LogP contribution in [0.3, 0.4) is 0 Å². The van der Waals surface area contributed by atoms with E-state index in [9.17, 15) is 0 Å². The van der Waals surface area contributed by atoms with Crippen molar-refractivity contribution in [3.05, 3.63) is 176 Å². The third-order valence-corrected chi connectivity index (χ3v) is 10.1. The number of aromatic nitrogens is 3. The molecule has 230 valence electrons. The smallest absolute Gasteiger partial charge is 0.164 e. The largest absolute Gasteiger partial charge is 0.208 e. The van der Waals surface area contributed by atoms with Crippen molar-refractivity contribution in [3.8, 4) is 78.7 Å². The van der Waals surface area contributed by atoms with E-state index in [0.717, 1.165) is 27.8 Å². The molecular formula is C45H29N3S. The summed E-state index contributed by atoms with van der Waals surface area (Å²) < 4.78 is 0. The zero-order chi connectivity index (χ0) is 32.6. The number of benzene rings is 7. The summed E-state index contributed by atoms with van der Waals surface area (Å²) in [6.45, 7) is 0. The van der Waals surface area contributed by atoms with Gasteiger partial charge in [0.25, 0.3) is 0 Å². The number of hydrogen-bond donors (Lipinski definition) is 0. The van der Waals surface area contributed by atoms with E-state index in [1.165, 1.54) is 43.2 Å². The maximum absolute atomic E-state index is 5.07. The fourth-order valence-electron chi connectivity index (χ4n) is 6.66. The Morgan fingerprint density at radius 1 is 0.265 bits per heavy atom. The van der Waals surface area contributed by atoms with Gasteiger partial charge in [-0.2, -0.15) is 0 Å². The molecule has 0 radical (unpaired) electrons. The molecule has 0 aliphatic carbocycles. The first kappa shape index (κ1) is 29.1. The normalized spacial score (nSPS) is 11.6. The van der Waals surface area contributed by atoms with Crippen LogP contribution in [0.4, 0.5) is 0 Å². The molecule has 1 aliphatic rings. The monoisotopic (exact) mass is 643 g/mol. The van der Waals surface area contributed by atoms with Gasteiger partial charge in [-0.1, -0.05) is 169 Å². The molecule has 0 atom stereocenters. The molecule has 0 amide bonds. The van der Waals surface area contributed by atoms with Gasteiger partial charge in [0.1, 0.15) is 0 Å². The van der Waals surface area contributed by atoms with Crippen molar-refractivity contribution in [2.24, 2.45) is 0 Å². The third kappa shape index (κ3) is 5.42. The second-order valence-corrected chi connectivity index (χ2v) is 13.1. The highest BCUT2D eigenvalue weighted by molar-refractivity contribution is 7.99. The van der Waals surface area contributed by atoms with Crippen LogP contribution in [0.15, 0.2) is 186 Å². The predicted molar refractivity (Wildman–Crippen MR) is 202 cm³/mol. The fourth-order valence-corrected chi connectivity index (χ4v) is 7.77. The molecular weight excluding hydrogens is 615 g/mol. The third-order valence-electron chi connectivity index (χ3n) is 8.99. The zero-order valence-electron chi connectivity index (χ0n) is 26.5. The maximum atomic E-state index is 5.07. The van der Waals surface area contributed by atoms with Gasteiger partial charge in [0.15, 0.2) is 17.5 Å². The average molecular weight is 644 g/mol. The molecule has 0 spiro atoms. The molecule has 8 aromatic rings. The molecule has 2 heterocycles. The molecule has 49 heavy (non-hydrogen) atoms. The topological polar surface area (TPSA) is 38.7 Å². The molecule has 0 bridgehead atoms. The second kappa shape index (κ2) is 12.5. The average Bonchev–Trinajstić information content (AvgIpc) is 3.20. The highest BCUT2D eigenvalue weighted by atomic mass is 32.2. The van der Waals surface area contributed by atoms with Crippen LogP contribution < -0.4 is 0 Å². The molecule has 1 aliphatic heterocycles. The maximum Gasteiger partial charge on any atom is 0.164 e. The SMILES string of the molecule is c1ccc(-c2nc(-c3ccccc3)nc(-c3ccc4c(c3)-c3ccccc3Sc3ccccc3-c3ccccc3-c3ccccc3-4)n2)cc1. The minimum atomic E-state index is 0.638. The number of nitrogens with zero attached hydrogens (tertiary/aromatic N) is 3. The van der Waals surface area contributed by atoms with Crippen LogP contribution in [0, 0.1) is 0 Å². The molecule has 7 aromatic carbocycles. The summed E-state index contributed by atoms with van der Waals surface area (Å²) >= 11 is 1.81. The summed E-state index contributed by atoms with van der Waals surface area (Å²) in [6.07, 6.45) is 0. The van der Waals surface area contributed by atoms with E-state index in [4.69, 9.17) is 15.0 Å². The van der Waals surface area contributed by atoms with Gasteiger partial charge >= 0.3 is 0 Å². The molecule has 0 saturated heterocycles. The molecule has 4 heteroatoms. The van der Waals surface area contributed by atoms with Crippen molar-refractivity contribution in [2.75, 3.05) is 0 Å². The predicted octanol–water partition coefficient (Wildman–Crippen LogP) is 12.0. The summed E-state index contributed by atoms with van der Waals surface area (Å²) in [4.78, 5) is 17.5. The van der Waals surface area contributed by atoms with Crippen LogP contribution in [0.2, 0.25) is 0 Å². The number of rotatable bonds is 3. The molecule has 0 saturated carbocycles. The summed E-state index contributed by atoms with van der Waals surface area (Å²) in [6, 6.07) is 61.9. The molecule has 9 rings (SSSR count). The Hall–Kier alpha value is -6.10. The summed E-state index contributed by atoms with van der Waals surface area (Å²) in [5.41, 5.74) is 12.3. The summed E-state index contributed by atoms with van der Waals surface area (Å²) in [5, 5.41) is 0. The van der Waals surface area contributed by atoms with E-state index in [1.807, 2.05) is 72.4 Å². The molecule has 1 aromatic heterocycles. The van der Waals surface area contributed by atoms with E-state index in [2.05, 4.69) is 115 Å². The zero-order valence-corrected chi connectivity index (χ0v) is 27.3. The first-order valence-corrected chi connectivity index (χ1v) is 17.2. The van der Waals surface area contributed by atoms with Crippen molar-refractivity contribution in [1.82, 2.24) is 15.0 Å². The molecule has 0 N–H and O–H groups in total. The molecule has 3 nitrogen and oxygen atoms in total. The van der Waals surface area contributed by atoms with Gasteiger partial charge in [-0.05, 0) is 62.7 Å². The Morgan fingerprint density at radius 2 is 0.612 bits per heavy atom. The lowest BCUT2D eigenvalue weighted by Gasteiger charge is -2.18. The Morgan fingerprint density at radius 3 is 1.10 bits per heavy atom. The van der Waals surface area contributed by atoms with Crippen molar-refractivity contribution in [2.45, 2.75) is 9.79 Å². The van der Waals surface area contributed by atoms with Gasteiger partial charge in [0, 0.05) is 26.5 Å². The minimum Gasteiger partial charge on any atom is -0.208 e. The van der Waals surface area contributed by atoms with Crippen LogP contribution in [-0.2, 0) is 0 Å². The van der Waals surface area contributed by atoms with E-state index in [0.29, 0.717) is 17.5 Å². The number of fused-ring (bicyclic) bond motifs is 9. The Bertz CT molecular complexity index is 2420. The van der Waals surface area contributed by atoms with Crippen molar-refractivity contribution in [3.63, 3.8) is 0 Å². The Balaban J connectivity index is 1.32. The Labute approximate surface area is 290 Å². The van der Waals surface area contributed by atoms with Crippen LogP contribution in [0.1, 0.15) is 0 Å². The standard InChI is InChI=1S/C45H29N3S/c1-3-15-30(16-4-1)43-46-44(31-17-5-2-6-18-31)48-45(47-43)32-27-28-37-35-21-8-7-19-33(35)34-20-9-10-22-36(34)38-23-11-13-25-41(38)49-42-26-14-12-24-39(42)40(37)29-32/h1-29H. The highest BCUT2D eigenvalue weighted by Crippen LogP contribution is 2.48. The lowest BCUT2D eigenvalue weighted by Crippen LogP contribution is -2.00. The summed E-state index contributed by atoms with van der Waals surface area (Å²) in [5.74, 6) is 1.94. The highest BCUT2D eigenvalue weighted by Gasteiger charge is 2.22. The second-order valence-electron chi connectivity index (χ2n) is 12.0. The van der Waals surface area contributed by atoms with Gasteiger partial charge in [0.2, 0.25) is 0 Å². The van der Waals surface area contributed by atoms with Crippen LogP contribution in [0.25, 0.3) is 78.7 Å². The first-order chi connectivity index (χ1) is 24.3. The van der Waals surface area contributed by atoms with E-state index >= 15 is 0 Å². The van der Waals surface area contributed by atoms with Gasteiger partial charge in [-0.25, -0.2) is 15.0 Å². The Kier molecular flexibility index (Phi) is 7.41. The van der Waals surface area contributed by atoms with Crippen molar-refractivity contribution >= 4 is 11.8 Å². The summed E-state index contributed by atoms with van der Waals surface area (Å²) in [7, 11) is 0. The van der Waals surface area contributed by atoms with Crippen LogP contribution in [-0.4, -0.2) is 15.0 Å². The minimum absolute atomic E-state index is 0.638.